The maximum absolute atomic E-state index is 13.0. The Morgan fingerprint density at radius 3 is 2.43 bits per heavy atom. The summed E-state index contributed by atoms with van der Waals surface area (Å²) in [7, 11) is 0. The van der Waals surface area contributed by atoms with Gasteiger partial charge >= 0.3 is 6.09 Å². The van der Waals surface area contributed by atoms with Crippen molar-refractivity contribution >= 4 is 12.0 Å². The Labute approximate surface area is 167 Å². The van der Waals surface area contributed by atoms with Gasteiger partial charge in [-0.1, -0.05) is 45.0 Å². The third-order valence-electron chi connectivity index (χ3n) is 6.88. The summed E-state index contributed by atoms with van der Waals surface area (Å²) in [6.45, 7) is 10.1. The quantitative estimate of drug-likeness (QED) is 0.839. The monoisotopic (exact) mass is 384 g/mol. The summed E-state index contributed by atoms with van der Waals surface area (Å²) in [6, 6.07) is 9.30. The van der Waals surface area contributed by atoms with Crippen LogP contribution in [-0.2, 0) is 14.9 Å². The van der Waals surface area contributed by atoms with Gasteiger partial charge in [0.1, 0.15) is 6.61 Å². The van der Waals surface area contributed by atoms with Gasteiger partial charge in [0, 0.05) is 18.5 Å². The number of carbonyl (C=O) groups is 2. The van der Waals surface area contributed by atoms with E-state index in [0.29, 0.717) is 25.4 Å². The first kappa shape index (κ1) is 19.3. The zero-order valence-corrected chi connectivity index (χ0v) is 17.5. The van der Waals surface area contributed by atoms with Crippen molar-refractivity contribution in [2.45, 2.75) is 76.3 Å². The summed E-state index contributed by atoms with van der Waals surface area (Å²) < 4.78 is 5.02. The summed E-state index contributed by atoms with van der Waals surface area (Å²) in [4.78, 5) is 26.3. The van der Waals surface area contributed by atoms with Crippen LogP contribution in [0.2, 0.25) is 0 Å². The molecular formula is C23H32N2O3. The molecular weight excluding hydrogens is 352 g/mol. The fourth-order valence-electron chi connectivity index (χ4n) is 5.06. The van der Waals surface area contributed by atoms with Crippen LogP contribution in [0.4, 0.5) is 4.79 Å². The molecule has 5 nitrogen and oxygen atoms in total. The molecule has 2 aliphatic heterocycles. The minimum absolute atomic E-state index is 0.0204. The van der Waals surface area contributed by atoms with E-state index in [0.717, 1.165) is 19.4 Å². The highest BCUT2D eigenvalue weighted by atomic mass is 16.6. The van der Waals surface area contributed by atoms with Crippen molar-refractivity contribution in [3.05, 3.63) is 35.4 Å². The fraction of sp³-hybridized carbons (Fsp3) is 0.652. The van der Waals surface area contributed by atoms with Gasteiger partial charge < -0.3 is 15.0 Å². The van der Waals surface area contributed by atoms with E-state index in [-0.39, 0.29) is 34.9 Å². The van der Waals surface area contributed by atoms with Crippen molar-refractivity contribution in [1.29, 1.82) is 0 Å². The average Bonchev–Trinajstić information content (AvgIpc) is 3.01. The summed E-state index contributed by atoms with van der Waals surface area (Å²) in [5.74, 6) is 0.788. The van der Waals surface area contributed by atoms with Gasteiger partial charge in [-0.3, -0.25) is 4.79 Å². The van der Waals surface area contributed by atoms with E-state index in [9.17, 15) is 9.59 Å². The third-order valence-corrected chi connectivity index (χ3v) is 6.88. The Balaban J connectivity index is 1.34. The van der Waals surface area contributed by atoms with Gasteiger partial charge in [0.25, 0.3) is 0 Å². The largest absolute Gasteiger partial charge is 0.447 e. The maximum atomic E-state index is 13.0. The Morgan fingerprint density at radius 1 is 1.21 bits per heavy atom. The highest BCUT2D eigenvalue weighted by molar-refractivity contribution is 5.82. The normalized spacial score (nSPS) is 32.6. The van der Waals surface area contributed by atoms with E-state index in [1.807, 2.05) is 0 Å². The van der Waals surface area contributed by atoms with Crippen LogP contribution in [0, 0.1) is 5.92 Å². The molecule has 2 atom stereocenters. The molecule has 1 aromatic carbocycles. The third kappa shape index (κ3) is 3.51. The minimum Gasteiger partial charge on any atom is -0.447 e. The molecule has 5 heteroatoms. The summed E-state index contributed by atoms with van der Waals surface area (Å²) in [6.07, 6.45) is 3.09. The SMILES string of the molecule is C[C@H]1C[C@H](c2ccc(C(C)(C)C)cc2)CCN1C(=O)C1CC2(COC(=O)N2)C1. The first-order valence-corrected chi connectivity index (χ1v) is 10.5. The van der Waals surface area contributed by atoms with Gasteiger partial charge in [-0.2, -0.15) is 0 Å². The molecule has 2 amide bonds. The summed E-state index contributed by atoms with van der Waals surface area (Å²) in [5.41, 5.74) is 2.64. The molecule has 1 spiro atoms. The molecule has 3 aliphatic rings. The van der Waals surface area contributed by atoms with Crippen molar-refractivity contribution in [3.63, 3.8) is 0 Å². The van der Waals surface area contributed by atoms with Crippen LogP contribution in [0.25, 0.3) is 0 Å². The first-order chi connectivity index (χ1) is 13.2. The molecule has 0 bridgehead atoms. The lowest BCUT2D eigenvalue weighted by molar-refractivity contribution is -0.144. The number of amides is 2. The van der Waals surface area contributed by atoms with E-state index in [2.05, 4.69) is 62.2 Å². The van der Waals surface area contributed by atoms with Gasteiger partial charge in [0.15, 0.2) is 0 Å². The fourth-order valence-corrected chi connectivity index (χ4v) is 5.06. The van der Waals surface area contributed by atoms with E-state index in [1.54, 1.807) is 0 Å². The number of likely N-dealkylation sites (tertiary alicyclic amines) is 1. The van der Waals surface area contributed by atoms with Crippen LogP contribution in [0.3, 0.4) is 0 Å². The molecule has 1 N–H and O–H groups in total. The van der Waals surface area contributed by atoms with Crippen LogP contribution in [-0.4, -0.2) is 41.6 Å². The molecule has 3 fully saturated rings. The number of alkyl carbamates (subject to hydrolysis) is 1. The molecule has 0 radical (unpaired) electrons. The number of nitrogens with one attached hydrogen (secondary N) is 1. The highest BCUT2D eigenvalue weighted by Crippen LogP contribution is 2.43. The van der Waals surface area contributed by atoms with Gasteiger partial charge in [0.2, 0.25) is 5.91 Å². The number of carbonyl (C=O) groups excluding carboxylic acids is 2. The summed E-state index contributed by atoms with van der Waals surface area (Å²) in [5, 5.41) is 2.88. The predicted octanol–water partition coefficient (Wildman–Crippen LogP) is 3.97. The smallest absolute Gasteiger partial charge is 0.407 e. The van der Waals surface area contributed by atoms with E-state index in [4.69, 9.17) is 4.74 Å². The second-order valence-corrected chi connectivity index (χ2v) is 10.1. The standard InChI is InChI=1S/C23H32N2O3/c1-15-11-17(16-5-7-19(8-6-16)22(2,3)4)9-10-25(15)20(26)18-12-23(13-18)14-28-21(27)24-23/h5-8,15,17-18H,9-14H2,1-4H3,(H,24,27)/t15-,17+,18?,23?/m0/s1. The summed E-state index contributed by atoms with van der Waals surface area (Å²) >= 11 is 0. The van der Waals surface area contributed by atoms with Gasteiger partial charge in [-0.25, -0.2) is 4.79 Å². The minimum atomic E-state index is -0.349. The molecule has 1 saturated carbocycles. The number of hydrogen-bond acceptors (Lipinski definition) is 3. The predicted molar refractivity (Wildman–Crippen MR) is 108 cm³/mol. The number of benzene rings is 1. The van der Waals surface area contributed by atoms with Crippen molar-refractivity contribution in [3.8, 4) is 0 Å². The number of cyclic esters (lactones) is 1. The van der Waals surface area contributed by atoms with Gasteiger partial charge in [-0.05, 0) is 55.1 Å². The Hall–Kier alpha value is -2.04. The molecule has 4 rings (SSSR count). The zero-order chi connectivity index (χ0) is 20.1. The van der Waals surface area contributed by atoms with E-state index in [1.165, 1.54) is 11.1 Å². The lowest BCUT2D eigenvalue weighted by Gasteiger charge is -2.46. The van der Waals surface area contributed by atoms with Crippen LogP contribution in [0.1, 0.15) is 70.4 Å². The molecule has 2 heterocycles. The lowest BCUT2D eigenvalue weighted by Crippen LogP contribution is -2.59. The molecule has 0 aromatic heterocycles. The Kier molecular flexibility index (Phi) is 4.67. The van der Waals surface area contributed by atoms with E-state index >= 15 is 0 Å². The van der Waals surface area contributed by atoms with Crippen molar-refractivity contribution < 1.29 is 14.3 Å². The second-order valence-electron chi connectivity index (χ2n) is 10.1. The van der Waals surface area contributed by atoms with Gasteiger partial charge in [0.05, 0.1) is 5.54 Å². The zero-order valence-electron chi connectivity index (χ0n) is 17.5. The second kappa shape index (κ2) is 6.78. The van der Waals surface area contributed by atoms with Crippen molar-refractivity contribution in [2.24, 2.45) is 5.92 Å². The molecule has 1 aliphatic carbocycles. The topological polar surface area (TPSA) is 58.6 Å². The molecule has 28 heavy (non-hydrogen) atoms. The molecule has 152 valence electrons. The molecule has 0 unspecified atom stereocenters. The first-order valence-electron chi connectivity index (χ1n) is 10.5. The van der Waals surface area contributed by atoms with Crippen molar-refractivity contribution in [2.75, 3.05) is 13.2 Å². The van der Waals surface area contributed by atoms with Crippen molar-refractivity contribution in [1.82, 2.24) is 10.2 Å². The Morgan fingerprint density at radius 2 is 1.89 bits per heavy atom. The number of piperidine rings is 1. The molecule has 1 aromatic rings. The van der Waals surface area contributed by atoms with Crippen LogP contribution in [0.15, 0.2) is 24.3 Å². The van der Waals surface area contributed by atoms with Gasteiger partial charge in [-0.15, -0.1) is 0 Å². The highest BCUT2D eigenvalue weighted by Gasteiger charge is 2.53. The van der Waals surface area contributed by atoms with Crippen LogP contribution in [0.5, 0.6) is 0 Å². The Bertz CT molecular complexity index is 759. The molecule has 2 saturated heterocycles. The number of nitrogens with zero attached hydrogens (tertiary/aromatic N) is 1. The van der Waals surface area contributed by atoms with Crippen LogP contribution >= 0.6 is 0 Å². The lowest BCUT2D eigenvalue weighted by atomic mass is 9.68. The van der Waals surface area contributed by atoms with Crippen LogP contribution < -0.4 is 5.32 Å². The number of ether oxygens (including phenoxy) is 1. The number of hydrogen-bond donors (Lipinski definition) is 1. The average molecular weight is 385 g/mol. The maximum Gasteiger partial charge on any atom is 0.407 e. The van der Waals surface area contributed by atoms with E-state index < -0.39 is 0 Å². The number of rotatable bonds is 2.